The van der Waals surface area contributed by atoms with E-state index in [0.717, 1.165) is 12.0 Å². The molecule has 11 heteroatoms. The van der Waals surface area contributed by atoms with Gasteiger partial charge in [-0.2, -0.15) is 0 Å². The molecule has 0 unspecified atom stereocenters. The number of aromatic nitrogens is 1. The standard InChI is InChI=1S/C30H37FN4O5S/c1-6-19-12-14-21(15-13-19)41(38,39)34-26-22-16-20(17-33-28(22)40-30(4,5)27(26)36)29(37)35(8-3)25-11-9-10-24(31)23(25)18-32-7-2/h9-17,26-27,32,34,36H,6-8,18H2,1-5H3/t26-,27+/m1/s1. The van der Waals surface area contributed by atoms with Gasteiger partial charge in [0, 0.05) is 30.4 Å². The molecule has 0 saturated carbocycles. The summed E-state index contributed by atoms with van der Waals surface area (Å²) >= 11 is 0. The summed E-state index contributed by atoms with van der Waals surface area (Å²) < 4.78 is 50.1. The number of anilines is 1. The van der Waals surface area contributed by atoms with Gasteiger partial charge in [-0.3, -0.25) is 4.79 Å². The highest BCUT2D eigenvalue weighted by molar-refractivity contribution is 7.89. The van der Waals surface area contributed by atoms with Crippen LogP contribution in [0, 0.1) is 5.82 Å². The topological polar surface area (TPSA) is 121 Å². The van der Waals surface area contributed by atoms with Gasteiger partial charge in [0.1, 0.15) is 17.5 Å². The fourth-order valence-electron chi connectivity index (χ4n) is 4.85. The zero-order chi connectivity index (χ0) is 29.9. The van der Waals surface area contributed by atoms with Crippen LogP contribution >= 0.6 is 0 Å². The Morgan fingerprint density at radius 3 is 2.49 bits per heavy atom. The molecule has 0 radical (unpaired) electrons. The van der Waals surface area contributed by atoms with Gasteiger partial charge in [-0.1, -0.05) is 32.0 Å². The van der Waals surface area contributed by atoms with Gasteiger partial charge >= 0.3 is 0 Å². The summed E-state index contributed by atoms with van der Waals surface area (Å²) in [4.78, 5) is 19.6. The number of amides is 1. The minimum atomic E-state index is -4.06. The summed E-state index contributed by atoms with van der Waals surface area (Å²) in [6, 6.07) is 11.4. The number of pyridine rings is 1. The first-order chi connectivity index (χ1) is 19.4. The van der Waals surface area contributed by atoms with E-state index >= 15 is 0 Å². The van der Waals surface area contributed by atoms with Gasteiger partial charge < -0.3 is 20.1 Å². The van der Waals surface area contributed by atoms with Gasteiger partial charge in [-0.05, 0) is 69.6 Å². The van der Waals surface area contributed by atoms with E-state index in [2.05, 4.69) is 15.0 Å². The fourth-order valence-corrected chi connectivity index (χ4v) is 6.07. The Kier molecular flexibility index (Phi) is 9.13. The highest BCUT2D eigenvalue weighted by Gasteiger charge is 2.45. The Morgan fingerprint density at radius 1 is 1.15 bits per heavy atom. The number of ether oxygens (including phenoxy) is 1. The lowest BCUT2D eigenvalue weighted by Crippen LogP contribution is -2.53. The SMILES string of the molecule is CCNCc1c(F)cccc1N(CC)C(=O)c1cnc2c(c1)[C@@H](NS(=O)(=O)c1ccc(CC)cc1)[C@H](O)C(C)(C)O2. The molecule has 3 N–H and O–H groups in total. The molecule has 0 bridgehead atoms. The monoisotopic (exact) mass is 584 g/mol. The fraction of sp³-hybridized carbons (Fsp3) is 0.400. The van der Waals surface area contributed by atoms with Gasteiger partial charge in [0.25, 0.3) is 5.91 Å². The molecule has 1 aromatic heterocycles. The van der Waals surface area contributed by atoms with E-state index in [1.54, 1.807) is 45.0 Å². The van der Waals surface area contributed by atoms with Crippen LogP contribution in [0.3, 0.4) is 0 Å². The highest BCUT2D eigenvalue weighted by atomic mass is 32.2. The Bertz CT molecular complexity index is 1510. The second-order valence-electron chi connectivity index (χ2n) is 10.4. The lowest BCUT2D eigenvalue weighted by Gasteiger charge is -2.41. The number of aryl methyl sites for hydroxylation is 1. The van der Waals surface area contributed by atoms with Crippen LogP contribution in [0.4, 0.5) is 10.1 Å². The maximum absolute atomic E-state index is 14.8. The lowest BCUT2D eigenvalue weighted by atomic mass is 9.88. The Labute approximate surface area is 240 Å². The number of sulfonamides is 1. The molecule has 0 fully saturated rings. The van der Waals surface area contributed by atoms with Gasteiger partial charge in [0.2, 0.25) is 15.9 Å². The second kappa shape index (κ2) is 12.2. The third-order valence-corrected chi connectivity index (χ3v) is 8.73. The van der Waals surface area contributed by atoms with Crippen molar-refractivity contribution >= 4 is 21.6 Å². The summed E-state index contributed by atoms with van der Waals surface area (Å²) in [6.07, 6.45) is 0.803. The van der Waals surface area contributed by atoms with E-state index in [-0.39, 0.29) is 35.0 Å². The molecular formula is C30H37FN4O5S. The van der Waals surface area contributed by atoms with Crippen LogP contribution < -0.4 is 19.7 Å². The Balaban J connectivity index is 1.73. The van der Waals surface area contributed by atoms with E-state index in [4.69, 9.17) is 4.74 Å². The number of nitrogens with one attached hydrogen (secondary N) is 2. The van der Waals surface area contributed by atoms with Crippen LogP contribution in [0.2, 0.25) is 0 Å². The van der Waals surface area contributed by atoms with Crippen LogP contribution in [0.15, 0.2) is 59.6 Å². The number of rotatable bonds is 10. The molecule has 2 aromatic carbocycles. The lowest BCUT2D eigenvalue weighted by molar-refractivity contribution is -0.0632. The average molecular weight is 585 g/mol. The average Bonchev–Trinajstić information content (AvgIpc) is 2.95. The molecule has 1 amide bonds. The molecule has 1 aliphatic heterocycles. The number of carbonyl (C=O) groups excluding carboxylic acids is 1. The first-order valence-electron chi connectivity index (χ1n) is 13.7. The third-order valence-electron chi connectivity index (χ3n) is 7.27. The van der Waals surface area contributed by atoms with Crippen LogP contribution in [-0.4, -0.2) is 49.2 Å². The first kappa shape index (κ1) is 30.6. The smallest absolute Gasteiger partial charge is 0.259 e. The van der Waals surface area contributed by atoms with Crippen LogP contribution in [0.1, 0.15) is 67.7 Å². The van der Waals surface area contributed by atoms with Crippen molar-refractivity contribution in [2.24, 2.45) is 0 Å². The van der Waals surface area contributed by atoms with E-state index in [0.29, 0.717) is 17.8 Å². The van der Waals surface area contributed by atoms with Crippen LogP contribution in [-0.2, 0) is 23.0 Å². The predicted molar refractivity (Wildman–Crippen MR) is 155 cm³/mol. The predicted octanol–water partition coefficient (Wildman–Crippen LogP) is 4.11. The molecule has 0 aliphatic carbocycles. The zero-order valence-electron chi connectivity index (χ0n) is 23.9. The quantitative estimate of drug-likeness (QED) is 0.328. The molecule has 2 heterocycles. The maximum Gasteiger partial charge on any atom is 0.259 e. The van der Waals surface area contributed by atoms with E-state index in [1.165, 1.54) is 35.4 Å². The van der Waals surface area contributed by atoms with Crippen LogP contribution in [0.25, 0.3) is 0 Å². The van der Waals surface area contributed by atoms with Gasteiger partial charge in [0.15, 0.2) is 0 Å². The van der Waals surface area contributed by atoms with Crippen molar-refractivity contribution in [3.8, 4) is 5.88 Å². The highest BCUT2D eigenvalue weighted by Crippen LogP contribution is 2.40. The van der Waals surface area contributed by atoms with Crippen molar-refractivity contribution in [1.29, 1.82) is 0 Å². The number of hydrogen-bond donors (Lipinski definition) is 3. The number of carbonyl (C=O) groups is 1. The molecule has 41 heavy (non-hydrogen) atoms. The minimum absolute atomic E-state index is 0.0458. The number of aliphatic hydroxyl groups excluding tert-OH is 1. The van der Waals surface area contributed by atoms with Crippen molar-refractivity contribution in [1.82, 2.24) is 15.0 Å². The van der Waals surface area contributed by atoms with E-state index < -0.39 is 39.5 Å². The molecule has 2 atom stereocenters. The van der Waals surface area contributed by atoms with Gasteiger partial charge in [0.05, 0.1) is 22.2 Å². The molecule has 1 aliphatic rings. The van der Waals surface area contributed by atoms with Crippen molar-refractivity contribution in [3.05, 3.63) is 82.8 Å². The third kappa shape index (κ3) is 6.28. The van der Waals surface area contributed by atoms with Gasteiger partial charge in [-0.15, -0.1) is 0 Å². The number of benzene rings is 2. The van der Waals surface area contributed by atoms with Crippen molar-refractivity contribution in [3.63, 3.8) is 0 Å². The Hall–Kier alpha value is -3.38. The summed E-state index contributed by atoms with van der Waals surface area (Å²) in [6.45, 7) is 10.0. The molecule has 0 spiro atoms. The summed E-state index contributed by atoms with van der Waals surface area (Å²) in [5.41, 5.74) is 0.942. The van der Waals surface area contributed by atoms with Crippen molar-refractivity contribution < 1.29 is 27.4 Å². The summed E-state index contributed by atoms with van der Waals surface area (Å²) in [5, 5.41) is 14.3. The van der Waals surface area contributed by atoms with Crippen LogP contribution in [0.5, 0.6) is 5.88 Å². The number of aliphatic hydroxyl groups is 1. The normalized spacial score (nSPS) is 17.9. The number of fused-ring (bicyclic) bond motifs is 1. The number of halogens is 1. The summed E-state index contributed by atoms with van der Waals surface area (Å²) in [7, 11) is -4.06. The zero-order valence-corrected chi connectivity index (χ0v) is 24.8. The number of nitrogens with zero attached hydrogens (tertiary/aromatic N) is 2. The molecule has 0 saturated heterocycles. The molecule has 220 valence electrons. The maximum atomic E-state index is 14.8. The number of hydrogen-bond acceptors (Lipinski definition) is 7. The van der Waals surface area contributed by atoms with E-state index in [1.807, 2.05) is 13.8 Å². The van der Waals surface area contributed by atoms with Crippen molar-refractivity contribution in [2.75, 3.05) is 18.0 Å². The Morgan fingerprint density at radius 2 is 1.85 bits per heavy atom. The first-order valence-corrected chi connectivity index (χ1v) is 15.2. The molecular weight excluding hydrogens is 547 g/mol. The minimum Gasteiger partial charge on any atom is -0.469 e. The van der Waals surface area contributed by atoms with Gasteiger partial charge in [-0.25, -0.2) is 22.5 Å². The molecule has 3 aromatic rings. The van der Waals surface area contributed by atoms with Crippen molar-refractivity contribution in [2.45, 2.75) is 70.2 Å². The molecule has 9 nitrogen and oxygen atoms in total. The summed E-state index contributed by atoms with van der Waals surface area (Å²) in [5.74, 6) is -0.784. The largest absolute Gasteiger partial charge is 0.469 e. The second-order valence-corrected chi connectivity index (χ2v) is 12.1. The molecule has 4 rings (SSSR count). The van der Waals surface area contributed by atoms with E-state index in [9.17, 15) is 22.7 Å².